The monoisotopic (exact) mass is 394 g/mol. The molecule has 28 heavy (non-hydrogen) atoms. The standard InChI is InChI=1S/C22H19ClN2O3/c23-20-12-6-4-9-18(20)15-27-21-13-7-5-8-17(21)14-24-28-16-22(26)25-19-10-2-1-3-11-19/h1-14H,15-16H2,(H,25,26). The lowest BCUT2D eigenvalue weighted by Crippen LogP contribution is -2.16. The summed E-state index contributed by atoms with van der Waals surface area (Å²) < 4.78 is 5.85. The fourth-order valence-electron chi connectivity index (χ4n) is 2.40. The summed E-state index contributed by atoms with van der Waals surface area (Å²) in [6, 6.07) is 24.1. The van der Waals surface area contributed by atoms with Crippen LogP contribution < -0.4 is 10.1 Å². The molecule has 3 aromatic rings. The van der Waals surface area contributed by atoms with E-state index in [0.29, 0.717) is 23.1 Å². The molecule has 0 saturated carbocycles. The van der Waals surface area contributed by atoms with E-state index in [1.165, 1.54) is 6.21 Å². The van der Waals surface area contributed by atoms with Crippen LogP contribution in [0.3, 0.4) is 0 Å². The summed E-state index contributed by atoms with van der Waals surface area (Å²) in [4.78, 5) is 16.9. The van der Waals surface area contributed by atoms with Crippen molar-refractivity contribution in [3.8, 4) is 5.75 Å². The zero-order valence-corrected chi connectivity index (χ0v) is 15.8. The van der Waals surface area contributed by atoms with Crippen LogP contribution in [-0.4, -0.2) is 18.7 Å². The normalized spacial score (nSPS) is 10.6. The van der Waals surface area contributed by atoms with E-state index < -0.39 is 0 Å². The molecule has 6 heteroatoms. The smallest absolute Gasteiger partial charge is 0.265 e. The Morgan fingerprint density at radius 2 is 1.68 bits per heavy atom. The van der Waals surface area contributed by atoms with Gasteiger partial charge < -0.3 is 14.9 Å². The number of halogens is 1. The predicted octanol–water partition coefficient (Wildman–Crippen LogP) is 4.91. The number of hydrogen-bond donors (Lipinski definition) is 1. The zero-order chi connectivity index (χ0) is 19.6. The lowest BCUT2D eigenvalue weighted by molar-refractivity contribution is -0.120. The number of carbonyl (C=O) groups excluding carboxylic acids is 1. The van der Waals surface area contributed by atoms with Gasteiger partial charge in [-0.3, -0.25) is 4.79 Å². The Morgan fingerprint density at radius 3 is 2.50 bits per heavy atom. The van der Waals surface area contributed by atoms with Crippen molar-refractivity contribution in [1.82, 2.24) is 0 Å². The molecule has 0 unspecified atom stereocenters. The maximum atomic E-state index is 11.8. The van der Waals surface area contributed by atoms with E-state index in [9.17, 15) is 4.79 Å². The Kier molecular flexibility index (Phi) is 7.04. The van der Waals surface area contributed by atoms with Crippen molar-refractivity contribution in [3.05, 3.63) is 95.0 Å². The first kappa shape index (κ1) is 19.5. The Bertz CT molecular complexity index is 945. The molecule has 0 aliphatic carbocycles. The van der Waals surface area contributed by atoms with Crippen molar-refractivity contribution in [1.29, 1.82) is 0 Å². The summed E-state index contributed by atoms with van der Waals surface area (Å²) in [5.41, 5.74) is 2.33. The topological polar surface area (TPSA) is 59.9 Å². The van der Waals surface area contributed by atoms with Crippen LogP contribution >= 0.6 is 11.6 Å². The van der Waals surface area contributed by atoms with Gasteiger partial charge in [-0.05, 0) is 30.3 Å². The Morgan fingerprint density at radius 1 is 0.964 bits per heavy atom. The number of nitrogens with one attached hydrogen (secondary N) is 1. The zero-order valence-electron chi connectivity index (χ0n) is 15.0. The molecule has 142 valence electrons. The average Bonchev–Trinajstić information content (AvgIpc) is 2.72. The third-order valence-corrected chi connectivity index (χ3v) is 4.15. The van der Waals surface area contributed by atoms with Gasteiger partial charge in [0, 0.05) is 21.8 Å². The summed E-state index contributed by atoms with van der Waals surface area (Å²) in [6.45, 7) is 0.152. The van der Waals surface area contributed by atoms with E-state index in [0.717, 1.165) is 11.1 Å². The summed E-state index contributed by atoms with van der Waals surface area (Å²) in [5, 5.41) is 7.24. The Hall–Kier alpha value is -3.31. The van der Waals surface area contributed by atoms with Crippen LogP contribution in [0.1, 0.15) is 11.1 Å². The van der Waals surface area contributed by atoms with E-state index in [4.69, 9.17) is 21.2 Å². The molecule has 5 nitrogen and oxygen atoms in total. The highest BCUT2D eigenvalue weighted by Crippen LogP contribution is 2.21. The van der Waals surface area contributed by atoms with Crippen LogP contribution in [0.25, 0.3) is 0 Å². The summed E-state index contributed by atoms with van der Waals surface area (Å²) in [6.07, 6.45) is 1.51. The predicted molar refractivity (Wildman–Crippen MR) is 111 cm³/mol. The van der Waals surface area contributed by atoms with Crippen molar-refractivity contribution in [2.24, 2.45) is 5.16 Å². The molecule has 1 amide bonds. The summed E-state index contributed by atoms with van der Waals surface area (Å²) in [5.74, 6) is 0.357. The van der Waals surface area contributed by atoms with E-state index in [1.54, 1.807) is 12.1 Å². The van der Waals surface area contributed by atoms with Crippen LogP contribution in [0.4, 0.5) is 5.69 Å². The minimum Gasteiger partial charge on any atom is -0.488 e. The second-order valence-corrected chi connectivity index (χ2v) is 6.25. The van der Waals surface area contributed by atoms with Gasteiger partial charge in [0.25, 0.3) is 5.91 Å². The Labute approximate surface area is 168 Å². The summed E-state index contributed by atoms with van der Waals surface area (Å²) in [7, 11) is 0. The van der Waals surface area contributed by atoms with E-state index in [2.05, 4.69) is 10.5 Å². The van der Waals surface area contributed by atoms with E-state index >= 15 is 0 Å². The molecule has 3 aromatic carbocycles. The molecule has 0 fully saturated rings. The maximum absolute atomic E-state index is 11.8. The van der Waals surface area contributed by atoms with Gasteiger partial charge in [-0.1, -0.05) is 65.3 Å². The number of ether oxygens (including phenoxy) is 1. The number of nitrogens with zero attached hydrogens (tertiary/aromatic N) is 1. The molecule has 0 aromatic heterocycles. The number of anilines is 1. The molecule has 0 atom stereocenters. The van der Waals surface area contributed by atoms with Crippen LogP contribution in [0.5, 0.6) is 5.75 Å². The van der Waals surface area contributed by atoms with Gasteiger partial charge in [-0.25, -0.2) is 0 Å². The fraction of sp³-hybridized carbons (Fsp3) is 0.0909. The molecule has 0 aliphatic rings. The molecule has 0 aliphatic heterocycles. The molecule has 0 spiro atoms. The van der Waals surface area contributed by atoms with Crippen molar-refractivity contribution in [2.75, 3.05) is 11.9 Å². The maximum Gasteiger partial charge on any atom is 0.265 e. The fourth-order valence-corrected chi connectivity index (χ4v) is 2.59. The lowest BCUT2D eigenvalue weighted by atomic mass is 10.2. The molecule has 3 rings (SSSR count). The molecule has 0 radical (unpaired) electrons. The van der Waals surface area contributed by atoms with E-state index in [-0.39, 0.29) is 12.5 Å². The first-order valence-electron chi connectivity index (χ1n) is 8.68. The highest BCUT2D eigenvalue weighted by atomic mass is 35.5. The number of para-hydroxylation sites is 2. The Balaban J connectivity index is 1.52. The molecule has 1 N–H and O–H groups in total. The van der Waals surface area contributed by atoms with Crippen molar-refractivity contribution in [3.63, 3.8) is 0 Å². The van der Waals surface area contributed by atoms with Crippen molar-refractivity contribution in [2.45, 2.75) is 6.61 Å². The highest BCUT2D eigenvalue weighted by Gasteiger charge is 2.05. The third-order valence-electron chi connectivity index (χ3n) is 3.78. The van der Waals surface area contributed by atoms with Crippen LogP contribution in [0, 0.1) is 0 Å². The van der Waals surface area contributed by atoms with Gasteiger partial charge >= 0.3 is 0 Å². The largest absolute Gasteiger partial charge is 0.488 e. The van der Waals surface area contributed by atoms with Gasteiger partial charge in [0.2, 0.25) is 0 Å². The van der Waals surface area contributed by atoms with Crippen molar-refractivity contribution >= 4 is 29.4 Å². The number of hydrogen-bond acceptors (Lipinski definition) is 4. The van der Waals surface area contributed by atoms with E-state index in [1.807, 2.05) is 66.7 Å². The van der Waals surface area contributed by atoms with Gasteiger partial charge in [0.15, 0.2) is 6.61 Å². The van der Waals surface area contributed by atoms with Crippen LogP contribution in [0.2, 0.25) is 5.02 Å². The lowest BCUT2D eigenvalue weighted by Gasteiger charge is -2.10. The number of amides is 1. The molecule has 0 bridgehead atoms. The van der Waals surface area contributed by atoms with Gasteiger partial charge in [-0.15, -0.1) is 0 Å². The minimum absolute atomic E-state index is 0.186. The molecule has 0 saturated heterocycles. The highest BCUT2D eigenvalue weighted by molar-refractivity contribution is 6.31. The number of oxime groups is 1. The van der Waals surface area contributed by atoms with Crippen LogP contribution in [-0.2, 0) is 16.2 Å². The van der Waals surface area contributed by atoms with Crippen LogP contribution in [0.15, 0.2) is 84.0 Å². The average molecular weight is 395 g/mol. The summed E-state index contributed by atoms with van der Waals surface area (Å²) >= 11 is 6.16. The number of carbonyl (C=O) groups is 1. The minimum atomic E-state index is -0.286. The second-order valence-electron chi connectivity index (χ2n) is 5.84. The van der Waals surface area contributed by atoms with Gasteiger partial charge in [-0.2, -0.15) is 0 Å². The van der Waals surface area contributed by atoms with Gasteiger partial charge in [0.1, 0.15) is 12.4 Å². The quantitative estimate of drug-likeness (QED) is 0.436. The number of rotatable bonds is 8. The number of benzene rings is 3. The first-order valence-corrected chi connectivity index (χ1v) is 9.05. The van der Waals surface area contributed by atoms with Gasteiger partial charge in [0.05, 0.1) is 6.21 Å². The molecule has 0 heterocycles. The molecular formula is C22H19ClN2O3. The SMILES string of the molecule is O=C(CON=Cc1ccccc1OCc1ccccc1Cl)Nc1ccccc1. The first-order chi connectivity index (χ1) is 13.7. The molecular weight excluding hydrogens is 376 g/mol. The van der Waals surface area contributed by atoms with Crippen molar-refractivity contribution < 1.29 is 14.4 Å². The second kappa shape index (κ2) is 10.1. The third kappa shape index (κ3) is 5.86.